The van der Waals surface area contributed by atoms with Crippen LogP contribution >= 0.6 is 0 Å². The lowest BCUT2D eigenvalue weighted by molar-refractivity contribution is 0.0685. The van der Waals surface area contributed by atoms with Crippen LogP contribution < -0.4 is 0 Å². The summed E-state index contributed by atoms with van der Waals surface area (Å²) in [6.45, 7) is 6.39. The van der Waals surface area contributed by atoms with Crippen molar-refractivity contribution in [3.8, 4) is 28.3 Å². The van der Waals surface area contributed by atoms with Crippen LogP contribution in [0.25, 0.3) is 28.3 Å². The number of nitrogens with zero attached hydrogens (tertiary/aromatic N) is 7. The fourth-order valence-electron chi connectivity index (χ4n) is 7.69. The van der Waals surface area contributed by atoms with Gasteiger partial charge in [0.1, 0.15) is 5.82 Å². The molecule has 0 fully saturated rings. The van der Waals surface area contributed by atoms with E-state index < -0.39 is 11.5 Å². The van der Waals surface area contributed by atoms with E-state index in [4.69, 9.17) is 20.4 Å². The fourth-order valence-corrected chi connectivity index (χ4v) is 7.69. The second kappa shape index (κ2) is 14.9. The number of hydrogen-bond acceptors (Lipinski definition) is 5. The largest absolute Gasteiger partial charge is 0.476 e. The zero-order chi connectivity index (χ0) is 37.9. The van der Waals surface area contributed by atoms with Crippen LogP contribution in [-0.4, -0.2) is 45.4 Å². The van der Waals surface area contributed by atoms with Gasteiger partial charge in [-0.2, -0.15) is 0 Å². The second-order valence-electron chi connectivity index (χ2n) is 13.7. The molecule has 0 bridgehead atoms. The van der Waals surface area contributed by atoms with E-state index in [9.17, 15) is 9.90 Å². The average molecular weight is 724 g/mol. The number of carboxylic acids is 1. The van der Waals surface area contributed by atoms with Crippen LogP contribution in [0.5, 0.6) is 0 Å². The summed E-state index contributed by atoms with van der Waals surface area (Å²) in [6, 6.07) is 51.2. The Morgan fingerprint density at radius 1 is 0.673 bits per heavy atom. The molecule has 0 radical (unpaired) electrons. The Morgan fingerprint density at radius 2 is 1.20 bits per heavy atom. The van der Waals surface area contributed by atoms with Crippen molar-refractivity contribution < 1.29 is 9.90 Å². The van der Waals surface area contributed by atoms with E-state index in [0.29, 0.717) is 24.6 Å². The van der Waals surface area contributed by atoms with Crippen LogP contribution in [0.15, 0.2) is 152 Å². The Bertz CT molecular complexity index is 2450. The van der Waals surface area contributed by atoms with Crippen molar-refractivity contribution in [2.45, 2.75) is 45.7 Å². The maximum Gasteiger partial charge on any atom is 0.356 e. The van der Waals surface area contributed by atoms with E-state index in [1.165, 1.54) is 0 Å². The summed E-state index contributed by atoms with van der Waals surface area (Å²) < 4.78 is 3.77. The molecule has 9 nitrogen and oxygen atoms in total. The van der Waals surface area contributed by atoms with Gasteiger partial charge in [0.15, 0.2) is 17.1 Å². The predicted molar refractivity (Wildman–Crippen MR) is 214 cm³/mol. The number of carbonyl (C=O) groups is 1. The third-order valence-electron chi connectivity index (χ3n) is 10.2. The first-order chi connectivity index (χ1) is 26.9. The Balaban J connectivity index is 1.18. The smallest absolute Gasteiger partial charge is 0.356 e. The summed E-state index contributed by atoms with van der Waals surface area (Å²) in [7, 11) is 0. The molecule has 0 amide bonds. The SMILES string of the molecule is CCCc1nc(-n2c(C)ccc2C)c(C(=O)O)n1Cc1ccc(-c2ccccc2-c2nnn(C(c3ccccc3)(c3ccccc3)c3ccccc3)n2)cc1. The van der Waals surface area contributed by atoms with Crippen LogP contribution in [0, 0.1) is 13.8 Å². The lowest BCUT2D eigenvalue weighted by Crippen LogP contribution is -2.39. The molecule has 0 spiro atoms. The second-order valence-corrected chi connectivity index (χ2v) is 13.7. The normalized spacial score (nSPS) is 11.5. The number of tetrazole rings is 1. The maximum absolute atomic E-state index is 12.8. The van der Waals surface area contributed by atoms with E-state index in [1.807, 2.05) is 108 Å². The van der Waals surface area contributed by atoms with Crippen molar-refractivity contribution in [2.75, 3.05) is 0 Å². The average Bonchev–Trinajstić information content (AvgIpc) is 3.94. The molecule has 9 heteroatoms. The van der Waals surface area contributed by atoms with Crippen molar-refractivity contribution in [1.29, 1.82) is 0 Å². The maximum atomic E-state index is 12.8. The van der Waals surface area contributed by atoms with Gasteiger partial charge in [-0.25, -0.2) is 9.78 Å². The number of imidazole rings is 1. The summed E-state index contributed by atoms with van der Waals surface area (Å²) in [6.07, 6.45) is 1.51. The number of aromatic nitrogens is 7. The third kappa shape index (κ3) is 6.33. The zero-order valence-corrected chi connectivity index (χ0v) is 31.0. The molecule has 0 aliphatic rings. The summed E-state index contributed by atoms with van der Waals surface area (Å²) in [4.78, 5) is 19.4. The lowest BCUT2D eigenvalue weighted by atomic mass is 9.77. The van der Waals surface area contributed by atoms with Gasteiger partial charge in [-0.1, -0.05) is 146 Å². The van der Waals surface area contributed by atoms with Gasteiger partial charge in [-0.05, 0) is 71.0 Å². The molecular formula is C46H41N7O2. The van der Waals surface area contributed by atoms with Crippen molar-refractivity contribution in [2.24, 2.45) is 0 Å². The molecule has 0 unspecified atom stereocenters. The molecule has 1 N–H and O–H groups in total. The van der Waals surface area contributed by atoms with Crippen molar-refractivity contribution in [3.63, 3.8) is 0 Å². The van der Waals surface area contributed by atoms with E-state index in [0.717, 1.165) is 62.6 Å². The summed E-state index contributed by atoms with van der Waals surface area (Å²) >= 11 is 0. The number of hydrogen-bond donors (Lipinski definition) is 1. The van der Waals surface area contributed by atoms with Gasteiger partial charge in [0.05, 0.1) is 0 Å². The minimum atomic E-state index is -1.00. The molecule has 0 saturated heterocycles. The highest BCUT2D eigenvalue weighted by atomic mass is 16.4. The standard InChI is InChI=1S/C46H41N7O2/c1-4-16-41-47-44(52-32(2)25-26-33(52)3)42(45(54)55)51(41)31-34-27-29-35(30-28-34)39-23-14-15-24-40(39)43-48-50-53(49-43)46(36-17-8-5-9-18-36,37-19-10-6-11-20-37)38-21-12-7-13-22-38/h5-15,17-30H,4,16,31H2,1-3H3,(H,54,55). The van der Waals surface area contributed by atoms with Crippen LogP contribution in [0.4, 0.5) is 0 Å². The van der Waals surface area contributed by atoms with Gasteiger partial charge in [0.25, 0.3) is 0 Å². The highest BCUT2D eigenvalue weighted by molar-refractivity contribution is 5.90. The molecule has 0 atom stereocenters. The molecular weight excluding hydrogens is 683 g/mol. The summed E-state index contributed by atoms with van der Waals surface area (Å²) in [5.41, 5.74) is 7.97. The molecule has 0 saturated carbocycles. The van der Waals surface area contributed by atoms with Gasteiger partial charge in [-0.15, -0.1) is 15.0 Å². The third-order valence-corrected chi connectivity index (χ3v) is 10.2. The van der Waals surface area contributed by atoms with Crippen LogP contribution in [0.2, 0.25) is 0 Å². The van der Waals surface area contributed by atoms with Gasteiger partial charge in [-0.3, -0.25) is 0 Å². The van der Waals surface area contributed by atoms with E-state index in [1.54, 1.807) is 4.80 Å². The van der Waals surface area contributed by atoms with Crippen molar-refractivity contribution >= 4 is 5.97 Å². The van der Waals surface area contributed by atoms with Gasteiger partial charge < -0.3 is 14.2 Å². The Morgan fingerprint density at radius 3 is 1.73 bits per heavy atom. The first-order valence-corrected chi connectivity index (χ1v) is 18.5. The van der Waals surface area contributed by atoms with Crippen LogP contribution in [0.1, 0.15) is 63.3 Å². The molecule has 55 heavy (non-hydrogen) atoms. The van der Waals surface area contributed by atoms with E-state index in [2.05, 4.69) is 73.7 Å². The summed E-state index contributed by atoms with van der Waals surface area (Å²) in [5.74, 6) is 0.712. The predicted octanol–water partition coefficient (Wildman–Crippen LogP) is 9.15. The number of benzene rings is 5. The topological polar surface area (TPSA) is 104 Å². The van der Waals surface area contributed by atoms with Crippen LogP contribution in [0.3, 0.4) is 0 Å². The monoisotopic (exact) mass is 723 g/mol. The molecule has 8 rings (SSSR count). The molecule has 3 heterocycles. The minimum Gasteiger partial charge on any atom is -0.476 e. The fraction of sp³-hybridized carbons (Fsp3) is 0.152. The van der Waals surface area contributed by atoms with E-state index in [-0.39, 0.29) is 5.69 Å². The van der Waals surface area contributed by atoms with Crippen molar-refractivity contribution in [3.05, 3.63) is 197 Å². The van der Waals surface area contributed by atoms with Gasteiger partial charge in [0.2, 0.25) is 5.82 Å². The highest BCUT2D eigenvalue weighted by Gasteiger charge is 2.41. The number of carboxylic acid groups (broad SMARTS) is 1. The Labute approximate surface area is 320 Å². The van der Waals surface area contributed by atoms with Crippen LogP contribution in [-0.2, 0) is 18.5 Å². The van der Waals surface area contributed by atoms with Crippen molar-refractivity contribution in [1.82, 2.24) is 34.3 Å². The van der Waals surface area contributed by atoms with Gasteiger partial charge >= 0.3 is 5.97 Å². The molecule has 0 aliphatic heterocycles. The first kappa shape index (κ1) is 35.2. The first-order valence-electron chi connectivity index (χ1n) is 18.5. The Hall–Kier alpha value is -6.87. The number of rotatable bonds is 12. The molecule has 5 aromatic carbocycles. The van der Waals surface area contributed by atoms with Gasteiger partial charge in [0, 0.05) is 29.9 Å². The molecule has 8 aromatic rings. The highest BCUT2D eigenvalue weighted by Crippen LogP contribution is 2.40. The minimum absolute atomic E-state index is 0.187. The number of aryl methyl sites for hydroxylation is 3. The molecule has 0 aliphatic carbocycles. The molecule has 3 aromatic heterocycles. The molecule has 272 valence electrons. The zero-order valence-electron chi connectivity index (χ0n) is 31.0. The Kier molecular flexibility index (Phi) is 9.51. The number of aromatic carboxylic acids is 1. The quantitative estimate of drug-likeness (QED) is 0.126. The van der Waals surface area contributed by atoms with E-state index >= 15 is 0 Å². The lowest BCUT2D eigenvalue weighted by Gasteiger charge is -2.34. The summed E-state index contributed by atoms with van der Waals surface area (Å²) in [5, 5.41) is 25.1.